The molecule has 1 rings (SSSR count). The van der Waals surface area contributed by atoms with Gasteiger partial charge in [0.25, 0.3) is 0 Å². The summed E-state index contributed by atoms with van der Waals surface area (Å²) in [4.78, 5) is -0.0332. The normalized spacial score (nSPS) is 11.4. The molecule has 0 saturated heterocycles. The summed E-state index contributed by atoms with van der Waals surface area (Å²) in [6, 6.07) is 4.05. The lowest BCUT2D eigenvalue weighted by atomic mass is 10.3. The highest BCUT2D eigenvalue weighted by molar-refractivity contribution is 7.89. The summed E-state index contributed by atoms with van der Waals surface area (Å²) in [7, 11) is -2.20. The second kappa shape index (κ2) is 5.15. The van der Waals surface area contributed by atoms with Gasteiger partial charge in [0.2, 0.25) is 10.0 Å². The van der Waals surface area contributed by atoms with Gasteiger partial charge in [-0.25, -0.2) is 13.6 Å². The first kappa shape index (κ1) is 12.8. The third-order valence-electron chi connectivity index (χ3n) is 1.86. The van der Waals surface area contributed by atoms with Gasteiger partial charge in [0, 0.05) is 13.2 Å². The molecule has 1 aromatic rings. The summed E-state index contributed by atoms with van der Waals surface area (Å²) in [6.45, 7) is 0.674. The zero-order valence-corrected chi connectivity index (χ0v) is 9.66. The molecule has 16 heavy (non-hydrogen) atoms. The monoisotopic (exact) mass is 246 g/mol. The Morgan fingerprint density at radius 3 is 2.56 bits per heavy atom. The summed E-state index contributed by atoms with van der Waals surface area (Å²) in [5.74, 6) is 0.281. The van der Waals surface area contributed by atoms with Crippen molar-refractivity contribution in [2.45, 2.75) is 4.90 Å². The van der Waals surface area contributed by atoms with Crippen LogP contribution in [0, 0.1) is 0 Å². The fraction of sp³-hybridized carbons (Fsp3) is 0.333. The maximum Gasteiger partial charge on any atom is 0.238 e. The number of nitrogen functional groups attached to an aromatic ring is 1. The molecule has 0 aliphatic carbocycles. The van der Waals surface area contributed by atoms with E-state index in [2.05, 4.69) is 0 Å². The molecule has 0 heterocycles. The molecule has 0 spiro atoms. The van der Waals surface area contributed by atoms with Gasteiger partial charge in [-0.3, -0.25) is 0 Å². The molecule has 0 aromatic heterocycles. The lowest BCUT2D eigenvalue weighted by Gasteiger charge is -2.09. The molecule has 0 bridgehead atoms. The average Bonchev–Trinajstić information content (AvgIpc) is 2.19. The van der Waals surface area contributed by atoms with Crippen molar-refractivity contribution in [1.82, 2.24) is 0 Å². The Morgan fingerprint density at radius 1 is 1.31 bits per heavy atom. The van der Waals surface area contributed by atoms with E-state index < -0.39 is 10.0 Å². The number of hydrogen-bond donors (Lipinski definition) is 2. The minimum atomic E-state index is -3.74. The summed E-state index contributed by atoms with van der Waals surface area (Å²) < 4.78 is 32.2. The fourth-order valence-electron chi connectivity index (χ4n) is 1.05. The molecule has 0 aliphatic rings. The molecule has 4 N–H and O–H groups in total. The largest absolute Gasteiger partial charge is 0.489 e. The standard InChI is InChI=1S/C9H14N2O4S/c1-14-4-5-15-9-6-7(16(11,12)13)2-3-8(9)10/h2-3,6H,4-5,10H2,1H3,(H2,11,12,13). The van der Waals surface area contributed by atoms with E-state index in [4.69, 9.17) is 20.3 Å². The summed E-state index contributed by atoms with van der Waals surface area (Å²) in [5.41, 5.74) is 5.96. The van der Waals surface area contributed by atoms with Gasteiger partial charge >= 0.3 is 0 Å². The Hall–Kier alpha value is -1.31. The predicted octanol–water partition coefficient (Wildman–Crippen LogP) is -0.0586. The summed E-state index contributed by atoms with van der Waals surface area (Å²) in [5, 5.41) is 4.98. The van der Waals surface area contributed by atoms with Crippen LogP contribution in [0.2, 0.25) is 0 Å². The molecule has 0 amide bonds. The minimum Gasteiger partial charge on any atom is -0.489 e. The molecule has 0 unspecified atom stereocenters. The van der Waals surface area contributed by atoms with Crippen molar-refractivity contribution in [3.8, 4) is 5.75 Å². The van der Waals surface area contributed by atoms with Crippen molar-refractivity contribution in [2.24, 2.45) is 5.14 Å². The van der Waals surface area contributed by atoms with E-state index in [0.717, 1.165) is 0 Å². The highest BCUT2D eigenvalue weighted by Crippen LogP contribution is 2.24. The molecule has 1 aromatic carbocycles. The van der Waals surface area contributed by atoms with Crippen LogP contribution in [0.3, 0.4) is 0 Å². The van der Waals surface area contributed by atoms with Gasteiger partial charge in [0.05, 0.1) is 17.2 Å². The van der Waals surface area contributed by atoms with Crippen molar-refractivity contribution >= 4 is 15.7 Å². The maximum atomic E-state index is 11.1. The third kappa shape index (κ3) is 3.37. The molecule has 6 nitrogen and oxygen atoms in total. The topological polar surface area (TPSA) is 105 Å². The Bertz CT molecular complexity index is 459. The van der Waals surface area contributed by atoms with Gasteiger partial charge in [-0.05, 0) is 12.1 Å². The summed E-state index contributed by atoms with van der Waals surface area (Å²) in [6.07, 6.45) is 0. The molecule has 0 atom stereocenters. The number of sulfonamides is 1. The number of anilines is 1. The first-order valence-electron chi connectivity index (χ1n) is 4.49. The van der Waals surface area contributed by atoms with E-state index >= 15 is 0 Å². The van der Waals surface area contributed by atoms with Gasteiger partial charge in [-0.15, -0.1) is 0 Å². The number of primary sulfonamides is 1. The van der Waals surface area contributed by atoms with Gasteiger partial charge < -0.3 is 15.2 Å². The van der Waals surface area contributed by atoms with Crippen LogP contribution in [0.1, 0.15) is 0 Å². The molecule has 0 radical (unpaired) electrons. The van der Waals surface area contributed by atoms with Crippen LogP contribution in [0.5, 0.6) is 5.75 Å². The van der Waals surface area contributed by atoms with Crippen LogP contribution >= 0.6 is 0 Å². The fourth-order valence-corrected chi connectivity index (χ4v) is 1.58. The molecule has 90 valence electrons. The number of benzene rings is 1. The van der Waals surface area contributed by atoms with E-state index in [1.807, 2.05) is 0 Å². The van der Waals surface area contributed by atoms with Crippen molar-refractivity contribution in [3.63, 3.8) is 0 Å². The number of methoxy groups -OCH3 is 1. The van der Waals surface area contributed by atoms with Gasteiger partial charge in [0.15, 0.2) is 0 Å². The van der Waals surface area contributed by atoms with Crippen LogP contribution in [-0.2, 0) is 14.8 Å². The van der Waals surface area contributed by atoms with Crippen molar-refractivity contribution in [3.05, 3.63) is 18.2 Å². The van der Waals surface area contributed by atoms with Gasteiger partial charge in [0.1, 0.15) is 12.4 Å². The SMILES string of the molecule is COCCOc1cc(S(N)(=O)=O)ccc1N. The predicted molar refractivity (Wildman–Crippen MR) is 59.6 cm³/mol. The lowest BCUT2D eigenvalue weighted by Crippen LogP contribution is -2.13. The van der Waals surface area contributed by atoms with Crippen LogP contribution in [0.4, 0.5) is 5.69 Å². The average molecular weight is 246 g/mol. The van der Waals surface area contributed by atoms with E-state index in [1.165, 1.54) is 25.3 Å². The molecule has 7 heteroatoms. The first-order valence-corrected chi connectivity index (χ1v) is 6.04. The third-order valence-corrected chi connectivity index (χ3v) is 2.77. The number of nitrogens with two attached hydrogens (primary N) is 2. The number of hydrogen-bond acceptors (Lipinski definition) is 5. The Morgan fingerprint density at radius 2 is 2.00 bits per heavy atom. The van der Waals surface area contributed by atoms with E-state index in [1.54, 1.807) is 0 Å². The highest BCUT2D eigenvalue weighted by atomic mass is 32.2. The quantitative estimate of drug-likeness (QED) is 0.559. The molecular weight excluding hydrogens is 232 g/mol. The van der Waals surface area contributed by atoms with Crippen LogP contribution in [-0.4, -0.2) is 28.7 Å². The molecule has 0 aliphatic heterocycles. The lowest BCUT2D eigenvalue weighted by molar-refractivity contribution is 0.146. The maximum absolute atomic E-state index is 11.1. The zero-order valence-electron chi connectivity index (χ0n) is 8.84. The number of rotatable bonds is 5. The van der Waals surface area contributed by atoms with Crippen molar-refractivity contribution in [1.29, 1.82) is 0 Å². The van der Waals surface area contributed by atoms with Crippen molar-refractivity contribution in [2.75, 3.05) is 26.1 Å². The zero-order chi connectivity index (χ0) is 12.2. The smallest absolute Gasteiger partial charge is 0.238 e. The van der Waals surface area contributed by atoms with Crippen LogP contribution in [0.15, 0.2) is 23.1 Å². The second-order valence-corrected chi connectivity index (χ2v) is 4.65. The molecule has 0 saturated carbocycles. The Labute approximate surface area is 94.2 Å². The molecular formula is C9H14N2O4S. The van der Waals surface area contributed by atoms with Gasteiger partial charge in [-0.1, -0.05) is 0 Å². The first-order chi connectivity index (χ1) is 7.45. The highest BCUT2D eigenvalue weighted by Gasteiger charge is 2.10. The van der Waals surface area contributed by atoms with E-state index in [-0.39, 0.29) is 17.3 Å². The van der Waals surface area contributed by atoms with Crippen LogP contribution < -0.4 is 15.6 Å². The minimum absolute atomic E-state index is 0.0332. The van der Waals surface area contributed by atoms with E-state index in [9.17, 15) is 8.42 Å². The van der Waals surface area contributed by atoms with Crippen molar-refractivity contribution < 1.29 is 17.9 Å². The Kier molecular flexibility index (Phi) is 4.11. The molecule has 0 fully saturated rings. The Balaban J connectivity index is 2.91. The summed E-state index contributed by atoms with van der Waals surface area (Å²) >= 11 is 0. The van der Waals surface area contributed by atoms with E-state index in [0.29, 0.717) is 12.3 Å². The second-order valence-electron chi connectivity index (χ2n) is 3.09. The number of ether oxygens (including phenoxy) is 2. The van der Waals surface area contributed by atoms with Gasteiger partial charge in [-0.2, -0.15) is 0 Å². The van der Waals surface area contributed by atoms with Crippen LogP contribution in [0.25, 0.3) is 0 Å².